The van der Waals surface area contributed by atoms with Crippen molar-refractivity contribution in [3.05, 3.63) is 46.5 Å². The number of hydrogen-bond donors (Lipinski definition) is 0. The Bertz CT molecular complexity index is 631. The zero-order chi connectivity index (χ0) is 13.8. The van der Waals surface area contributed by atoms with E-state index in [9.17, 15) is 9.18 Å². The largest absolute Gasteiger partial charge is 0.481 e. The quantitative estimate of drug-likeness (QED) is 0.864. The first-order chi connectivity index (χ1) is 9.06. The number of carbonyl (C=O) groups excluding carboxylic acids is 1. The Morgan fingerprint density at radius 1 is 1.42 bits per heavy atom. The van der Waals surface area contributed by atoms with Gasteiger partial charge < -0.3 is 9.30 Å². The van der Waals surface area contributed by atoms with Gasteiger partial charge in [-0.25, -0.2) is 4.39 Å². The molecule has 0 unspecified atom stereocenters. The fraction of sp³-hybridized carbons (Fsp3) is 0.231. The molecule has 0 N–H and O–H groups in total. The molecule has 0 spiro atoms. The Morgan fingerprint density at radius 3 is 2.68 bits per heavy atom. The van der Waals surface area contributed by atoms with Crippen LogP contribution in [0.3, 0.4) is 0 Å². The van der Waals surface area contributed by atoms with Gasteiger partial charge in [0.1, 0.15) is 11.6 Å². The van der Waals surface area contributed by atoms with E-state index in [1.54, 1.807) is 11.5 Å². The van der Waals surface area contributed by atoms with Crippen LogP contribution in [0.4, 0.5) is 4.39 Å². The fourth-order valence-corrected chi connectivity index (χ4v) is 2.12. The molecule has 0 aliphatic rings. The average molecular weight is 280 g/mol. The van der Waals surface area contributed by atoms with Gasteiger partial charge in [0, 0.05) is 18.6 Å². The van der Waals surface area contributed by atoms with Crippen LogP contribution in [-0.2, 0) is 11.8 Å². The highest BCUT2D eigenvalue weighted by Crippen LogP contribution is 2.13. The van der Waals surface area contributed by atoms with Crippen molar-refractivity contribution in [2.45, 2.75) is 13.0 Å². The second-order valence-electron chi connectivity index (χ2n) is 3.96. The van der Waals surface area contributed by atoms with Crippen LogP contribution in [0.5, 0.6) is 5.75 Å². The summed E-state index contributed by atoms with van der Waals surface area (Å²) in [6, 6.07) is 5.51. The first-order valence-electron chi connectivity index (χ1n) is 5.67. The molecule has 6 heteroatoms. The molecule has 100 valence electrons. The van der Waals surface area contributed by atoms with Crippen LogP contribution in [0.1, 0.15) is 6.92 Å². The van der Waals surface area contributed by atoms with Crippen molar-refractivity contribution in [2.24, 2.45) is 12.0 Å². The molecule has 0 aliphatic heterocycles. The number of amides is 1. The summed E-state index contributed by atoms with van der Waals surface area (Å²) in [5.41, 5.74) is 0. The summed E-state index contributed by atoms with van der Waals surface area (Å²) < 4.78 is 19.9. The fourth-order valence-electron chi connectivity index (χ4n) is 1.39. The van der Waals surface area contributed by atoms with Gasteiger partial charge in [-0.1, -0.05) is 0 Å². The summed E-state index contributed by atoms with van der Waals surface area (Å²) in [4.78, 5) is 16.4. The highest BCUT2D eigenvalue weighted by atomic mass is 32.1. The molecule has 1 aromatic heterocycles. The molecule has 0 saturated carbocycles. The van der Waals surface area contributed by atoms with Crippen LogP contribution in [-0.4, -0.2) is 16.6 Å². The van der Waals surface area contributed by atoms with Crippen LogP contribution in [0.2, 0.25) is 0 Å². The number of rotatable bonds is 3. The van der Waals surface area contributed by atoms with Gasteiger partial charge >= 0.3 is 0 Å². The van der Waals surface area contributed by atoms with E-state index in [-0.39, 0.29) is 11.7 Å². The van der Waals surface area contributed by atoms with Gasteiger partial charge in [-0.15, -0.1) is 11.3 Å². The van der Waals surface area contributed by atoms with Gasteiger partial charge in [-0.05, 0) is 31.2 Å². The second kappa shape index (κ2) is 5.79. The minimum Gasteiger partial charge on any atom is -0.481 e. The molecule has 0 bridgehead atoms. The lowest BCUT2D eigenvalue weighted by Gasteiger charge is -2.10. The van der Waals surface area contributed by atoms with Crippen LogP contribution < -0.4 is 9.54 Å². The number of carbonyl (C=O) groups is 1. The van der Waals surface area contributed by atoms with Crippen molar-refractivity contribution >= 4 is 17.2 Å². The SMILES string of the molecule is C[C@H](Oc1ccc(F)cc1)C(=O)N=c1sccn1C. The highest BCUT2D eigenvalue weighted by molar-refractivity contribution is 7.07. The Labute approximate surface area is 113 Å². The molecular weight excluding hydrogens is 267 g/mol. The number of thiazole rings is 1. The van der Waals surface area contributed by atoms with E-state index < -0.39 is 6.10 Å². The summed E-state index contributed by atoms with van der Waals surface area (Å²) >= 11 is 1.37. The van der Waals surface area contributed by atoms with E-state index in [2.05, 4.69) is 4.99 Å². The monoisotopic (exact) mass is 280 g/mol. The van der Waals surface area contributed by atoms with Crippen LogP contribution in [0, 0.1) is 5.82 Å². The Hall–Kier alpha value is -1.95. The summed E-state index contributed by atoms with van der Waals surface area (Å²) in [7, 11) is 1.81. The molecule has 1 heterocycles. The smallest absolute Gasteiger partial charge is 0.289 e. The third-order valence-electron chi connectivity index (χ3n) is 2.44. The maximum atomic E-state index is 12.7. The van der Waals surface area contributed by atoms with E-state index in [0.29, 0.717) is 10.6 Å². The molecule has 2 aromatic rings. The van der Waals surface area contributed by atoms with E-state index in [0.717, 1.165) is 0 Å². The third kappa shape index (κ3) is 3.51. The molecule has 1 amide bonds. The minimum atomic E-state index is -0.715. The average Bonchev–Trinajstić information content (AvgIpc) is 2.78. The van der Waals surface area contributed by atoms with Gasteiger partial charge in [0.25, 0.3) is 5.91 Å². The molecule has 1 aromatic carbocycles. The van der Waals surface area contributed by atoms with Crippen molar-refractivity contribution < 1.29 is 13.9 Å². The maximum absolute atomic E-state index is 12.7. The topological polar surface area (TPSA) is 43.6 Å². The van der Waals surface area contributed by atoms with Crippen molar-refractivity contribution in [3.63, 3.8) is 0 Å². The molecule has 0 saturated heterocycles. The third-order valence-corrected chi connectivity index (χ3v) is 3.29. The molecule has 2 rings (SSSR count). The summed E-state index contributed by atoms with van der Waals surface area (Å²) in [5.74, 6) is -0.281. The molecule has 4 nitrogen and oxygen atoms in total. The van der Waals surface area contributed by atoms with Gasteiger partial charge in [0.2, 0.25) is 0 Å². The minimum absolute atomic E-state index is 0.346. The standard InChI is InChI=1S/C13H13FN2O2S/c1-9(18-11-5-3-10(14)4-6-11)12(17)15-13-16(2)7-8-19-13/h3-9H,1-2H3/t9-/m0/s1. The zero-order valence-electron chi connectivity index (χ0n) is 10.5. The highest BCUT2D eigenvalue weighted by Gasteiger charge is 2.14. The van der Waals surface area contributed by atoms with Crippen molar-refractivity contribution in [3.8, 4) is 5.75 Å². The summed E-state index contributed by atoms with van der Waals surface area (Å²) in [5, 5.41) is 1.84. The molecule has 19 heavy (non-hydrogen) atoms. The predicted molar refractivity (Wildman–Crippen MR) is 70.4 cm³/mol. The van der Waals surface area contributed by atoms with E-state index in [1.165, 1.54) is 35.6 Å². The first kappa shape index (κ1) is 13.5. The van der Waals surface area contributed by atoms with E-state index >= 15 is 0 Å². The normalized spacial score (nSPS) is 13.3. The number of nitrogens with zero attached hydrogens (tertiary/aromatic N) is 2. The van der Waals surface area contributed by atoms with Crippen LogP contribution in [0.15, 0.2) is 40.8 Å². The number of benzene rings is 1. The van der Waals surface area contributed by atoms with Gasteiger partial charge in [0.15, 0.2) is 10.9 Å². The van der Waals surface area contributed by atoms with Crippen LogP contribution in [0.25, 0.3) is 0 Å². The van der Waals surface area contributed by atoms with Crippen LogP contribution >= 0.6 is 11.3 Å². The van der Waals surface area contributed by atoms with Gasteiger partial charge in [-0.2, -0.15) is 4.99 Å². The molecule has 0 radical (unpaired) electrons. The van der Waals surface area contributed by atoms with Crippen molar-refractivity contribution in [2.75, 3.05) is 0 Å². The molecular formula is C13H13FN2O2S. The lowest BCUT2D eigenvalue weighted by molar-refractivity contribution is -0.124. The van der Waals surface area contributed by atoms with Crippen molar-refractivity contribution in [1.29, 1.82) is 0 Å². The lowest BCUT2D eigenvalue weighted by Crippen LogP contribution is -2.25. The lowest BCUT2D eigenvalue weighted by atomic mass is 10.3. The molecule has 0 fully saturated rings. The number of ether oxygens (including phenoxy) is 1. The van der Waals surface area contributed by atoms with Crippen molar-refractivity contribution in [1.82, 2.24) is 4.57 Å². The summed E-state index contributed by atoms with van der Waals surface area (Å²) in [6.45, 7) is 1.61. The van der Waals surface area contributed by atoms with E-state index in [4.69, 9.17) is 4.74 Å². The number of halogens is 1. The second-order valence-corrected chi connectivity index (χ2v) is 4.83. The maximum Gasteiger partial charge on any atom is 0.289 e. The summed E-state index contributed by atoms with van der Waals surface area (Å²) in [6.07, 6.45) is 1.11. The van der Waals surface area contributed by atoms with Gasteiger partial charge in [0.05, 0.1) is 0 Å². The zero-order valence-corrected chi connectivity index (χ0v) is 11.4. The Morgan fingerprint density at radius 2 is 2.11 bits per heavy atom. The van der Waals surface area contributed by atoms with Gasteiger partial charge in [-0.3, -0.25) is 4.79 Å². The molecule has 0 aliphatic carbocycles. The van der Waals surface area contributed by atoms with E-state index in [1.807, 2.05) is 18.6 Å². The Kier molecular flexibility index (Phi) is 4.11. The number of aromatic nitrogens is 1. The molecule has 1 atom stereocenters. The number of hydrogen-bond acceptors (Lipinski definition) is 3. The number of aryl methyl sites for hydroxylation is 1. The predicted octanol–water partition coefficient (Wildman–Crippen LogP) is 2.12. The Balaban J connectivity index is 2.08. The first-order valence-corrected chi connectivity index (χ1v) is 6.55.